The van der Waals surface area contributed by atoms with Gasteiger partial charge in [0, 0.05) is 13.0 Å². The second-order valence-electron chi connectivity index (χ2n) is 8.36. The summed E-state index contributed by atoms with van der Waals surface area (Å²) in [4.78, 5) is 25.1. The molecule has 0 aromatic heterocycles. The normalized spacial score (nSPS) is 11.5. The Bertz CT molecular complexity index is 762. The first-order valence-corrected chi connectivity index (χ1v) is 12.9. The molecule has 1 aromatic carbocycles. The van der Waals surface area contributed by atoms with E-state index in [-0.39, 0.29) is 19.0 Å². The fourth-order valence-electron chi connectivity index (χ4n) is 3.49. The lowest BCUT2D eigenvalue weighted by Gasteiger charge is -2.21. The highest BCUT2D eigenvalue weighted by molar-refractivity contribution is 6.42. The highest BCUT2D eigenvalue weighted by atomic mass is 35.5. The van der Waals surface area contributed by atoms with Gasteiger partial charge in [0.2, 0.25) is 5.91 Å². The number of carbonyl (C=O) groups is 2. The fourth-order valence-corrected chi connectivity index (χ4v) is 3.81. The van der Waals surface area contributed by atoms with E-state index < -0.39 is 5.97 Å². The van der Waals surface area contributed by atoms with Gasteiger partial charge < -0.3 is 10.0 Å². The summed E-state index contributed by atoms with van der Waals surface area (Å²) in [7, 11) is 0. The van der Waals surface area contributed by atoms with E-state index in [1.807, 2.05) is 0 Å². The number of unbranched alkanes of at least 4 members (excludes halogenated alkanes) is 8. The molecule has 184 valence electrons. The molecule has 0 unspecified atom stereocenters. The molecule has 0 aliphatic rings. The van der Waals surface area contributed by atoms with Crippen LogP contribution in [0.15, 0.2) is 42.5 Å². The predicted octanol–water partition coefficient (Wildman–Crippen LogP) is 8.22. The molecule has 33 heavy (non-hydrogen) atoms. The summed E-state index contributed by atoms with van der Waals surface area (Å²) in [5, 5.41) is 9.97. The van der Waals surface area contributed by atoms with Crippen molar-refractivity contribution in [2.24, 2.45) is 0 Å². The number of carboxylic acids is 1. The van der Waals surface area contributed by atoms with Crippen LogP contribution < -0.4 is 0 Å². The van der Waals surface area contributed by atoms with Gasteiger partial charge in [-0.3, -0.25) is 9.59 Å². The summed E-state index contributed by atoms with van der Waals surface area (Å²) in [6, 6.07) is 5.06. The van der Waals surface area contributed by atoms with Gasteiger partial charge in [-0.1, -0.05) is 92.6 Å². The molecule has 0 aliphatic heterocycles. The number of hydrogen-bond donors (Lipinski definition) is 1. The number of benzene rings is 1. The Morgan fingerprint density at radius 1 is 0.848 bits per heavy atom. The topological polar surface area (TPSA) is 57.6 Å². The highest BCUT2D eigenvalue weighted by Gasteiger charge is 2.17. The molecule has 1 N–H and O–H groups in total. The first kappa shape index (κ1) is 29.3. The zero-order valence-electron chi connectivity index (χ0n) is 19.9. The lowest BCUT2D eigenvalue weighted by Crippen LogP contribution is -2.35. The maximum Gasteiger partial charge on any atom is 0.323 e. The summed E-state index contributed by atoms with van der Waals surface area (Å²) in [5.74, 6) is -1.21. The Morgan fingerprint density at radius 2 is 1.45 bits per heavy atom. The molecule has 0 spiro atoms. The Labute approximate surface area is 209 Å². The average molecular weight is 497 g/mol. The van der Waals surface area contributed by atoms with Crippen LogP contribution in [0.2, 0.25) is 10.0 Å². The van der Waals surface area contributed by atoms with Gasteiger partial charge in [-0.15, -0.1) is 0 Å². The van der Waals surface area contributed by atoms with E-state index in [1.165, 1.54) is 49.8 Å². The molecule has 0 saturated heterocycles. The molecule has 1 rings (SSSR count). The monoisotopic (exact) mass is 495 g/mol. The number of carbonyl (C=O) groups excluding carboxylic acids is 1. The van der Waals surface area contributed by atoms with E-state index >= 15 is 0 Å². The number of aliphatic carboxylic acids is 1. The average Bonchev–Trinajstić information content (AvgIpc) is 2.78. The molecule has 1 aromatic rings. The van der Waals surface area contributed by atoms with Gasteiger partial charge in [-0.2, -0.15) is 0 Å². The van der Waals surface area contributed by atoms with Crippen LogP contribution in [-0.2, 0) is 16.1 Å². The third-order valence-electron chi connectivity index (χ3n) is 5.36. The van der Waals surface area contributed by atoms with Crippen LogP contribution in [0.3, 0.4) is 0 Å². The fraction of sp³-hybridized carbons (Fsp3) is 0.556. The van der Waals surface area contributed by atoms with Crippen molar-refractivity contribution in [1.82, 2.24) is 4.90 Å². The molecule has 0 fully saturated rings. The van der Waals surface area contributed by atoms with Crippen LogP contribution in [0.5, 0.6) is 0 Å². The van der Waals surface area contributed by atoms with Crippen LogP contribution in [0, 0.1) is 0 Å². The van der Waals surface area contributed by atoms with E-state index in [1.54, 1.807) is 18.2 Å². The van der Waals surface area contributed by atoms with Crippen molar-refractivity contribution in [3.8, 4) is 0 Å². The van der Waals surface area contributed by atoms with Crippen molar-refractivity contribution >= 4 is 35.1 Å². The second-order valence-corrected chi connectivity index (χ2v) is 9.18. The van der Waals surface area contributed by atoms with Crippen molar-refractivity contribution < 1.29 is 14.7 Å². The highest BCUT2D eigenvalue weighted by Crippen LogP contribution is 2.23. The lowest BCUT2D eigenvalue weighted by atomic mass is 10.1. The maximum absolute atomic E-state index is 12.5. The Kier molecular flexibility index (Phi) is 16.5. The third kappa shape index (κ3) is 14.9. The van der Waals surface area contributed by atoms with Crippen molar-refractivity contribution in [1.29, 1.82) is 0 Å². The minimum Gasteiger partial charge on any atom is -0.480 e. The molecule has 4 nitrogen and oxygen atoms in total. The predicted molar refractivity (Wildman–Crippen MR) is 139 cm³/mol. The Morgan fingerprint density at radius 3 is 2.09 bits per heavy atom. The van der Waals surface area contributed by atoms with E-state index in [2.05, 4.69) is 31.2 Å². The van der Waals surface area contributed by atoms with Crippen LogP contribution in [0.1, 0.15) is 89.5 Å². The zero-order chi connectivity index (χ0) is 24.3. The first-order chi connectivity index (χ1) is 15.9. The smallest absolute Gasteiger partial charge is 0.323 e. The van der Waals surface area contributed by atoms with Gasteiger partial charge in [0.25, 0.3) is 0 Å². The zero-order valence-corrected chi connectivity index (χ0v) is 21.4. The molecule has 0 heterocycles. The Hall–Kier alpha value is -1.78. The molecule has 0 bridgehead atoms. The van der Waals surface area contributed by atoms with Crippen molar-refractivity contribution in [2.75, 3.05) is 6.54 Å². The SMILES string of the molecule is CCCCCCCC/C=C\CC/C=C/CCCC(=O)N(CC(=O)O)Cc1ccc(Cl)c(Cl)c1. The molecule has 0 saturated carbocycles. The second kappa shape index (κ2) is 18.6. The van der Waals surface area contributed by atoms with Gasteiger partial charge in [0.15, 0.2) is 0 Å². The van der Waals surface area contributed by atoms with Crippen LogP contribution in [0.25, 0.3) is 0 Å². The third-order valence-corrected chi connectivity index (χ3v) is 6.09. The largest absolute Gasteiger partial charge is 0.480 e. The summed E-state index contributed by atoms with van der Waals surface area (Å²) in [5.41, 5.74) is 0.753. The van der Waals surface area contributed by atoms with E-state index in [0.717, 1.165) is 24.8 Å². The van der Waals surface area contributed by atoms with Gasteiger partial charge in [0.05, 0.1) is 10.0 Å². The van der Waals surface area contributed by atoms with E-state index in [9.17, 15) is 9.59 Å². The number of hydrogen-bond acceptors (Lipinski definition) is 2. The molecule has 0 aliphatic carbocycles. The lowest BCUT2D eigenvalue weighted by molar-refractivity contribution is -0.144. The molecule has 6 heteroatoms. The molecule has 0 atom stereocenters. The number of rotatable bonds is 18. The molecular weight excluding hydrogens is 457 g/mol. The number of amides is 1. The number of nitrogens with zero attached hydrogens (tertiary/aromatic N) is 1. The molecular formula is C27H39Cl2NO3. The van der Waals surface area contributed by atoms with Crippen molar-refractivity contribution in [3.05, 3.63) is 58.1 Å². The molecule has 0 radical (unpaired) electrons. The van der Waals surface area contributed by atoms with E-state index in [4.69, 9.17) is 28.3 Å². The quantitative estimate of drug-likeness (QED) is 0.165. The van der Waals surface area contributed by atoms with Crippen molar-refractivity contribution in [2.45, 2.75) is 90.5 Å². The van der Waals surface area contributed by atoms with E-state index in [0.29, 0.717) is 22.9 Å². The van der Waals surface area contributed by atoms with Gasteiger partial charge >= 0.3 is 5.97 Å². The molecule has 1 amide bonds. The number of carboxylic acid groups (broad SMARTS) is 1. The van der Waals surface area contributed by atoms with Crippen molar-refractivity contribution in [3.63, 3.8) is 0 Å². The summed E-state index contributed by atoms with van der Waals surface area (Å²) >= 11 is 12.0. The number of allylic oxidation sites excluding steroid dienone is 4. The van der Waals surface area contributed by atoms with Gasteiger partial charge in [0.1, 0.15) is 6.54 Å². The van der Waals surface area contributed by atoms with Gasteiger partial charge in [-0.25, -0.2) is 0 Å². The summed E-state index contributed by atoms with van der Waals surface area (Å²) < 4.78 is 0. The maximum atomic E-state index is 12.5. The first-order valence-electron chi connectivity index (χ1n) is 12.2. The van der Waals surface area contributed by atoms with Gasteiger partial charge in [-0.05, 0) is 56.2 Å². The number of halogens is 2. The summed E-state index contributed by atoms with van der Waals surface area (Å²) in [6.45, 7) is 2.11. The van der Waals surface area contributed by atoms with Crippen LogP contribution >= 0.6 is 23.2 Å². The van der Waals surface area contributed by atoms with Crippen LogP contribution in [0.4, 0.5) is 0 Å². The minimum atomic E-state index is -1.03. The minimum absolute atomic E-state index is 0.172. The Balaban J connectivity index is 2.23. The standard InChI is InChI=1S/C27H39Cl2NO3/c1-2-3-4-5-6-7-8-9-10-11-12-13-14-15-16-17-26(31)30(22-27(32)33)21-23-18-19-24(28)25(29)20-23/h9-10,13-14,18-20H,2-8,11-12,15-17,21-22H2,1H3,(H,32,33)/b10-9-,14-13+. The summed E-state index contributed by atoms with van der Waals surface area (Å²) in [6.07, 6.45) is 21.8. The van der Waals surface area contributed by atoms with Crippen LogP contribution in [-0.4, -0.2) is 28.4 Å².